The number of halogens is 2. The number of hydrogen-bond donors (Lipinski definition) is 2. The smallest absolute Gasteiger partial charge is 0.275 e. The van der Waals surface area contributed by atoms with E-state index in [-0.39, 0.29) is 17.4 Å². The van der Waals surface area contributed by atoms with Crippen molar-refractivity contribution in [3.63, 3.8) is 0 Å². The van der Waals surface area contributed by atoms with Crippen LogP contribution in [0.25, 0.3) is 0 Å². The Kier molecular flexibility index (Phi) is 7.05. The Hall–Kier alpha value is -2.06. The maximum Gasteiger partial charge on any atom is 0.275 e. The third kappa shape index (κ3) is 4.98. The number of phenolic OH excluding ortho intramolecular Hbond substituents is 1. The van der Waals surface area contributed by atoms with E-state index >= 15 is 0 Å². The molecule has 0 aliphatic carbocycles. The fraction of sp³-hybridized carbons (Fsp3) is 0.222. The fourth-order valence-corrected chi connectivity index (χ4v) is 3.34. The number of hydrazone groups is 1. The first-order valence-electron chi connectivity index (χ1n) is 7.68. The Morgan fingerprint density at radius 1 is 1.31 bits per heavy atom. The van der Waals surface area contributed by atoms with E-state index in [0.717, 1.165) is 0 Å². The molecule has 2 aromatic rings. The molecule has 2 rings (SSSR count). The van der Waals surface area contributed by atoms with Crippen LogP contribution in [0.3, 0.4) is 0 Å². The van der Waals surface area contributed by atoms with Gasteiger partial charge in [-0.1, -0.05) is 22.0 Å². The van der Waals surface area contributed by atoms with Gasteiger partial charge in [0.25, 0.3) is 5.91 Å². The van der Waals surface area contributed by atoms with Crippen molar-refractivity contribution in [3.05, 3.63) is 50.4 Å². The average Bonchev–Trinajstić information content (AvgIpc) is 2.58. The number of amides is 1. The van der Waals surface area contributed by atoms with E-state index in [2.05, 4.69) is 42.4 Å². The number of benzene rings is 2. The lowest BCUT2D eigenvalue weighted by molar-refractivity contribution is 0.0952. The summed E-state index contributed by atoms with van der Waals surface area (Å²) in [7, 11) is 1.55. The Morgan fingerprint density at radius 3 is 2.69 bits per heavy atom. The minimum Gasteiger partial charge on any atom is -0.506 e. The summed E-state index contributed by atoms with van der Waals surface area (Å²) in [5, 5.41) is 14.0. The second kappa shape index (κ2) is 9.05. The van der Waals surface area contributed by atoms with E-state index in [4.69, 9.17) is 9.47 Å². The summed E-state index contributed by atoms with van der Waals surface area (Å²) in [5.41, 5.74) is 3.13. The first-order chi connectivity index (χ1) is 12.3. The number of aromatic hydroxyl groups is 1. The molecule has 0 aliphatic heterocycles. The van der Waals surface area contributed by atoms with Crippen LogP contribution in [-0.2, 0) is 0 Å². The number of carbonyl (C=O) groups is 1. The molecule has 0 bridgehead atoms. The van der Waals surface area contributed by atoms with Crippen molar-refractivity contribution < 1.29 is 19.4 Å². The van der Waals surface area contributed by atoms with Crippen LogP contribution < -0.4 is 14.9 Å². The molecular weight excluding hydrogens is 468 g/mol. The monoisotopic (exact) mass is 484 g/mol. The minimum absolute atomic E-state index is 0.0518. The molecule has 26 heavy (non-hydrogen) atoms. The molecule has 0 spiro atoms. The molecule has 1 amide bonds. The van der Waals surface area contributed by atoms with Gasteiger partial charge >= 0.3 is 0 Å². The van der Waals surface area contributed by atoms with Crippen LogP contribution in [0.1, 0.15) is 29.8 Å². The molecule has 0 radical (unpaired) electrons. The molecule has 0 heterocycles. The van der Waals surface area contributed by atoms with E-state index in [1.165, 1.54) is 12.3 Å². The summed E-state index contributed by atoms with van der Waals surface area (Å²) in [6.07, 6.45) is 1.41. The molecule has 8 heteroatoms. The Balaban J connectivity index is 2.22. The molecule has 0 saturated heterocycles. The standard InChI is InChI=1S/C18H18Br2N2O4/c1-10(2)26-17-11(5-4-6-15(17)25-3)9-21-22-18(24)13-7-12(19)8-14(20)16(13)23/h4-10,23H,1-3H3,(H,22,24)/b21-9-. The first-order valence-corrected chi connectivity index (χ1v) is 9.27. The van der Waals surface area contributed by atoms with E-state index in [0.29, 0.717) is 26.0 Å². The van der Waals surface area contributed by atoms with Crippen molar-refractivity contribution >= 4 is 44.0 Å². The quantitative estimate of drug-likeness (QED) is 0.467. The van der Waals surface area contributed by atoms with Gasteiger partial charge in [0.2, 0.25) is 0 Å². The van der Waals surface area contributed by atoms with Crippen LogP contribution in [0.2, 0.25) is 0 Å². The number of phenols is 1. The maximum absolute atomic E-state index is 12.3. The predicted molar refractivity (Wildman–Crippen MR) is 107 cm³/mol. The van der Waals surface area contributed by atoms with Crippen LogP contribution in [0.5, 0.6) is 17.2 Å². The third-order valence-electron chi connectivity index (χ3n) is 3.23. The van der Waals surface area contributed by atoms with Gasteiger partial charge in [0.1, 0.15) is 5.75 Å². The van der Waals surface area contributed by atoms with Gasteiger partial charge in [0, 0.05) is 10.0 Å². The van der Waals surface area contributed by atoms with Crippen molar-refractivity contribution in [2.24, 2.45) is 5.10 Å². The van der Waals surface area contributed by atoms with Crippen LogP contribution >= 0.6 is 31.9 Å². The van der Waals surface area contributed by atoms with Gasteiger partial charge in [-0.25, -0.2) is 5.43 Å². The van der Waals surface area contributed by atoms with Crippen molar-refractivity contribution in [2.75, 3.05) is 7.11 Å². The number of para-hydroxylation sites is 1. The van der Waals surface area contributed by atoms with Gasteiger partial charge in [-0.05, 0) is 54.0 Å². The van der Waals surface area contributed by atoms with Gasteiger partial charge < -0.3 is 14.6 Å². The Morgan fingerprint density at radius 2 is 2.04 bits per heavy atom. The molecule has 0 aromatic heterocycles. The molecule has 0 fully saturated rings. The lowest BCUT2D eigenvalue weighted by atomic mass is 10.2. The molecule has 0 saturated carbocycles. The largest absolute Gasteiger partial charge is 0.506 e. The number of methoxy groups -OCH3 is 1. The van der Waals surface area contributed by atoms with Gasteiger partial charge in [0.05, 0.1) is 29.5 Å². The van der Waals surface area contributed by atoms with Crippen molar-refractivity contribution in [1.29, 1.82) is 0 Å². The molecule has 2 aromatic carbocycles. The van der Waals surface area contributed by atoms with E-state index in [1.54, 1.807) is 31.4 Å². The van der Waals surface area contributed by atoms with Gasteiger partial charge in [-0.15, -0.1) is 0 Å². The molecule has 0 unspecified atom stereocenters. The minimum atomic E-state index is -0.546. The zero-order chi connectivity index (χ0) is 19.3. The van der Waals surface area contributed by atoms with Gasteiger partial charge in [0.15, 0.2) is 11.5 Å². The predicted octanol–water partition coefficient (Wildman–Crippen LogP) is 4.48. The number of rotatable bonds is 6. The van der Waals surface area contributed by atoms with Crippen molar-refractivity contribution in [3.8, 4) is 17.2 Å². The Labute approximate surface area is 168 Å². The number of ether oxygens (including phenoxy) is 2. The van der Waals surface area contributed by atoms with Crippen LogP contribution in [0.4, 0.5) is 0 Å². The number of nitrogens with one attached hydrogen (secondary N) is 1. The summed E-state index contributed by atoms with van der Waals surface area (Å²) in [5.74, 6) is 0.402. The molecule has 6 nitrogen and oxygen atoms in total. The highest BCUT2D eigenvalue weighted by Crippen LogP contribution is 2.32. The third-order valence-corrected chi connectivity index (χ3v) is 4.29. The highest BCUT2D eigenvalue weighted by Gasteiger charge is 2.15. The Bertz CT molecular complexity index is 838. The van der Waals surface area contributed by atoms with Crippen LogP contribution in [0, 0.1) is 0 Å². The molecule has 0 aliphatic rings. The molecule has 138 valence electrons. The second-order valence-corrected chi connectivity index (χ2v) is 7.30. The summed E-state index contributed by atoms with van der Waals surface area (Å²) in [6, 6.07) is 8.52. The van der Waals surface area contributed by atoms with Gasteiger partial charge in [-0.3, -0.25) is 4.79 Å². The van der Waals surface area contributed by atoms with E-state index in [9.17, 15) is 9.90 Å². The average molecular weight is 486 g/mol. The normalized spacial score (nSPS) is 11.0. The first kappa shape index (κ1) is 20.3. The fourth-order valence-electron chi connectivity index (χ4n) is 2.12. The zero-order valence-corrected chi connectivity index (χ0v) is 17.6. The maximum atomic E-state index is 12.3. The zero-order valence-electron chi connectivity index (χ0n) is 14.4. The summed E-state index contributed by atoms with van der Waals surface area (Å²) < 4.78 is 12.1. The highest BCUT2D eigenvalue weighted by atomic mass is 79.9. The van der Waals surface area contributed by atoms with Gasteiger partial charge in [-0.2, -0.15) is 5.10 Å². The number of nitrogens with zero attached hydrogens (tertiary/aromatic N) is 1. The van der Waals surface area contributed by atoms with Crippen molar-refractivity contribution in [1.82, 2.24) is 5.43 Å². The lowest BCUT2D eigenvalue weighted by Crippen LogP contribution is -2.18. The van der Waals surface area contributed by atoms with Crippen LogP contribution in [-0.4, -0.2) is 30.4 Å². The molecule has 0 atom stereocenters. The van der Waals surface area contributed by atoms with E-state index in [1.807, 2.05) is 13.8 Å². The summed E-state index contributed by atoms with van der Waals surface area (Å²) in [4.78, 5) is 12.3. The molecule has 2 N–H and O–H groups in total. The second-order valence-electron chi connectivity index (χ2n) is 5.53. The molecular formula is C18H18Br2N2O4. The number of hydrogen-bond acceptors (Lipinski definition) is 5. The number of carbonyl (C=O) groups excluding carboxylic acids is 1. The summed E-state index contributed by atoms with van der Waals surface area (Å²) in [6.45, 7) is 3.81. The summed E-state index contributed by atoms with van der Waals surface area (Å²) >= 11 is 6.47. The SMILES string of the molecule is COc1cccc(/C=N\NC(=O)c2cc(Br)cc(Br)c2O)c1OC(C)C. The highest BCUT2D eigenvalue weighted by molar-refractivity contribution is 9.11. The van der Waals surface area contributed by atoms with Crippen molar-refractivity contribution in [2.45, 2.75) is 20.0 Å². The lowest BCUT2D eigenvalue weighted by Gasteiger charge is -2.15. The van der Waals surface area contributed by atoms with Crippen LogP contribution in [0.15, 0.2) is 44.4 Å². The topological polar surface area (TPSA) is 80.2 Å². The van der Waals surface area contributed by atoms with E-state index < -0.39 is 5.91 Å².